The molecule has 0 bridgehead atoms. The molecule has 4 heteroatoms. The molecule has 0 saturated heterocycles. The second-order valence-electron chi connectivity index (χ2n) is 4.35. The van der Waals surface area contributed by atoms with Crippen molar-refractivity contribution in [2.24, 2.45) is 5.92 Å². The molecule has 92 valence electrons. The fourth-order valence-corrected chi connectivity index (χ4v) is 2.94. The molecule has 1 rings (SSSR count). The zero-order valence-electron chi connectivity index (χ0n) is 10.1. The van der Waals surface area contributed by atoms with Gasteiger partial charge in [0.15, 0.2) is 0 Å². The molecule has 3 nitrogen and oxygen atoms in total. The van der Waals surface area contributed by atoms with Gasteiger partial charge in [0.05, 0.1) is 6.61 Å². The molecule has 0 aromatic rings. The number of rotatable bonds is 5. The molecule has 0 aromatic heterocycles. The van der Waals surface area contributed by atoms with Gasteiger partial charge in [0.1, 0.15) is 4.75 Å². The number of hydrogen-bond donors (Lipinski definition) is 0. The Morgan fingerprint density at radius 1 is 1.38 bits per heavy atom. The zero-order chi connectivity index (χ0) is 12.2. The Kier molecular flexibility index (Phi) is 4.33. The van der Waals surface area contributed by atoms with Crippen LogP contribution in [0.1, 0.15) is 33.6 Å². The lowest BCUT2D eigenvalue weighted by molar-refractivity contribution is 0.292. The maximum atomic E-state index is 12.1. The van der Waals surface area contributed by atoms with E-state index >= 15 is 0 Å². The highest BCUT2D eigenvalue weighted by molar-refractivity contribution is 7.88. The molecule has 16 heavy (non-hydrogen) atoms. The van der Waals surface area contributed by atoms with E-state index in [1.165, 1.54) is 0 Å². The van der Waals surface area contributed by atoms with Crippen LogP contribution < -0.4 is 0 Å². The van der Waals surface area contributed by atoms with Gasteiger partial charge in [-0.3, -0.25) is 4.18 Å². The average Bonchev–Trinajstić information content (AvgIpc) is 2.22. The van der Waals surface area contributed by atoms with Crippen LogP contribution >= 0.6 is 0 Å². The molecule has 0 N–H and O–H groups in total. The third kappa shape index (κ3) is 2.55. The van der Waals surface area contributed by atoms with Crippen LogP contribution in [-0.2, 0) is 14.3 Å². The van der Waals surface area contributed by atoms with E-state index in [1.807, 2.05) is 26.0 Å². The molecular weight excluding hydrogens is 224 g/mol. The molecule has 0 fully saturated rings. The largest absolute Gasteiger partial charge is 0.277 e. The minimum absolute atomic E-state index is 0.0656. The van der Waals surface area contributed by atoms with Crippen molar-refractivity contribution in [2.75, 3.05) is 6.61 Å². The molecule has 0 aliphatic heterocycles. The molecule has 0 spiro atoms. The van der Waals surface area contributed by atoms with Crippen LogP contribution in [0.15, 0.2) is 24.3 Å². The summed E-state index contributed by atoms with van der Waals surface area (Å²) >= 11 is 0. The number of hydrogen-bond acceptors (Lipinski definition) is 3. The van der Waals surface area contributed by atoms with Gasteiger partial charge >= 0.3 is 0 Å². The monoisotopic (exact) mass is 244 g/mol. The fraction of sp³-hybridized carbons (Fsp3) is 0.667. The van der Waals surface area contributed by atoms with Crippen LogP contribution in [0.25, 0.3) is 0 Å². The summed E-state index contributed by atoms with van der Waals surface area (Å²) in [6.45, 7) is 5.88. The van der Waals surface area contributed by atoms with E-state index in [-0.39, 0.29) is 12.5 Å². The van der Waals surface area contributed by atoms with Crippen LogP contribution in [0.2, 0.25) is 0 Å². The maximum absolute atomic E-state index is 12.1. The van der Waals surface area contributed by atoms with Crippen LogP contribution in [0, 0.1) is 5.92 Å². The summed E-state index contributed by atoms with van der Waals surface area (Å²) in [6.07, 6.45) is 8.93. The lowest BCUT2D eigenvalue weighted by Gasteiger charge is -2.31. The molecule has 1 aliphatic rings. The van der Waals surface area contributed by atoms with Crippen LogP contribution in [-0.4, -0.2) is 19.8 Å². The van der Waals surface area contributed by atoms with Crippen molar-refractivity contribution >= 4 is 10.1 Å². The molecule has 0 aromatic carbocycles. The fourth-order valence-electron chi connectivity index (χ4n) is 1.57. The van der Waals surface area contributed by atoms with Crippen LogP contribution in [0.5, 0.6) is 0 Å². The number of unbranched alkanes of at least 4 members (excludes halogenated alkanes) is 1. The van der Waals surface area contributed by atoms with Gasteiger partial charge in [0.25, 0.3) is 10.1 Å². The molecule has 2 unspecified atom stereocenters. The van der Waals surface area contributed by atoms with Crippen LogP contribution in [0.4, 0.5) is 0 Å². The van der Waals surface area contributed by atoms with Crippen molar-refractivity contribution in [1.82, 2.24) is 0 Å². The third-order valence-electron chi connectivity index (χ3n) is 3.12. The predicted molar refractivity (Wildman–Crippen MR) is 65.6 cm³/mol. The van der Waals surface area contributed by atoms with Gasteiger partial charge in [-0.25, -0.2) is 0 Å². The molecular formula is C12H20O3S. The summed E-state index contributed by atoms with van der Waals surface area (Å²) < 4.78 is 28.3. The second-order valence-corrected chi connectivity index (χ2v) is 6.37. The summed E-state index contributed by atoms with van der Waals surface area (Å²) in [6, 6.07) is 0. The van der Waals surface area contributed by atoms with Crippen molar-refractivity contribution in [1.29, 1.82) is 0 Å². The topological polar surface area (TPSA) is 43.4 Å². The minimum Gasteiger partial charge on any atom is -0.269 e. The first-order valence-corrected chi connectivity index (χ1v) is 7.10. The van der Waals surface area contributed by atoms with E-state index in [9.17, 15) is 8.42 Å². The Morgan fingerprint density at radius 3 is 2.62 bits per heavy atom. The summed E-state index contributed by atoms with van der Waals surface area (Å²) in [5.74, 6) is -0.0656. The minimum atomic E-state index is -3.54. The van der Waals surface area contributed by atoms with Gasteiger partial charge in [0.2, 0.25) is 0 Å². The normalized spacial score (nSPS) is 29.6. The molecule has 0 heterocycles. The van der Waals surface area contributed by atoms with Gasteiger partial charge in [-0.2, -0.15) is 8.42 Å². The van der Waals surface area contributed by atoms with Gasteiger partial charge in [-0.1, -0.05) is 44.6 Å². The van der Waals surface area contributed by atoms with E-state index in [0.717, 1.165) is 12.8 Å². The number of allylic oxidation sites excluding steroid dienone is 3. The van der Waals surface area contributed by atoms with Crippen molar-refractivity contribution in [2.45, 2.75) is 38.4 Å². The highest BCUT2D eigenvalue weighted by Crippen LogP contribution is 2.33. The molecule has 0 saturated carbocycles. The Labute approximate surface area is 98.3 Å². The van der Waals surface area contributed by atoms with E-state index in [4.69, 9.17) is 4.18 Å². The van der Waals surface area contributed by atoms with Crippen LogP contribution in [0.3, 0.4) is 0 Å². The first kappa shape index (κ1) is 13.5. The molecule has 1 aliphatic carbocycles. The highest BCUT2D eigenvalue weighted by Gasteiger charge is 2.42. The lowest BCUT2D eigenvalue weighted by Crippen LogP contribution is -2.41. The van der Waals surface area contributed by atoms with E-state index < -0.39 is 14.9 Å². The Hall–Kier alpha value is -0.610. The van der Waals surface area contributed by atoms with Crippen molar-refractivity contribution in [3.05, 3.63) is 24.3 Å². The quantitative estimate of drug-likeness (QED) is 0.551. The highest BCUT2D eigenvalue weighted by atomic mass is 32.2. The zero-order valence-corrected chi connectivity index (χ0v) is 11.0. The lowest BCUT2D eigenvalue weighted by atomic mass is 9.91. The van der Waals surface area contributed by atoms with Gasteiger partial charge < -0.3 is 0 Å². The first-order chi connectivity index (χ1) is 7.44. The summed E-state index contributed by atoms with van der Waals surface area (Å²) in [5, 5.41) is 0. The standard InChI is InChI=1S/C12H20O3S/c1-4-5-10-15-16(13,14)12(3)9-7-6-8-11(12)2/h6-9,11H,4-5,10H2,1-3H3. The van der Waals surface area contributed by atoms with E-state index in [0.29, 0.717) is 0 Å². The summed E-state index contributed by atoms with van der Waals surface area (Å²) in [7, 11) is -3.54. The summed E-state index contributed by atoms with van der Waals surface area (Å²) in [4.78, 5) is 0. The predicted octanol–water partition coefficient (Wildman–Crippen LogP) is 2.65. The van der Waals surface area contributed by atoms with E-state index in [1.54, 1.807) is 19.1 Å². The Balaban J connectivity index is 2.82. The average molecular weight is 244 g/mol. The third-order valence-corrected chi connectivity index (χ3v) is 5.18. The van der Waals surface area contributed by atoms with Crippen molar-refractivity contribution < 1.29 is 12.6 Å². The van der Waals surface area contributed by atoms with Crippen molar-refractivity contribution in [3.63, 3.8) is 0 Å². The van der Waals surface area contributed by atoms with Gasteiger partial charge in [-0.05, 0) is 19.3 Å². The maximum Gasteiger partial charge on any atom is 0.277 e. The smallest absolute Gasteiger partial charge is 0.269 e. The summed E-state index contributed by atoms with van der Waals surface area (Å²) in [5.41, 5.74) is 0. The second kappa shape index (κ2) is 5.15. The van der Waals surface area contributed by atoms with E-state index in [2.05, 4.69) is 0 Å². The van der Waals surface area contributed by atoms with Gasteiger partial charge in [-0.15, -0.1) is 0 Å². The molecule has 0 radical (unpaired) electrons. The van der Waals surface area contributed by atoms with Crippen molar-refractivity contribution in [3.8, 4) is 0 Å². The Morgan fingerprint density at radius 2 is 2.06 bits per heavy atom. The first-order valence-electron chi connectivity index (χ1n) is 5.69. The van der Waals surface area contributed by atoms with Gasteiger partial charge in [0, 0.05) is 0 Å². The molecule has 2 atom stereocenters. The Bertz CT molecular complexity index is 381. The SMILES string of the molecule is CCCCOS(=O)(=O)C1(C)C=CC=CC1C. The molecule has 0 amide bonds.